The van der Waals surface area contributed by atoms with Crippen LogP contribution in [0.3, 0.4) is 0 Å². The number of Topliss-reactive ketones (excluding diaryl/α,β-unsaturated/α-hetero) is 1. The van der Waals surface area contributed by atoms with Gasteiger partial charge in [0, 0.05) is 5.69 Å². The third kappa shape index (κ3) is 3.41. The maximum atomic E-state index is 11.4. The third-order valence-electron chi connectivity index (χ3n) is 2.25. The summed E-state index contributed by atoms with van der Waals surface area (Å²) < 4.78 is 0. The summed E-state index contributed by atoms with van der Waals surface area (Å²) in [7, 11) is 0. The van der Waals surface area contributed by atoms with Crippen LogP contribution in [0.2, 0.25) is 0 Å². The van der Waals surface area contributed by atoms with Gasteiger partial charge < -0.3 is 10.4 Å². The number of carboxylic acid groups (broad SMARTS) is 1. The zero-order valence-corrected chi connectivity index (χ0v) is 9.61. The van der Waals surface area contributed by atoms with Gasteiger partial charge in [-0.2, -0.15) is 0 Å². The Morgan fingerprint density at radius 1 is 1.29 bits per heavy atom. The van der Waals surface area contributed by atoms with Gasteiger partial charge >= 0.3 is 5.97 Å². The Kier molecular flexibility index (Phi) is 3.98. The number of benzene rings is 1. The van der Waals surface area contributed by atoms with Crippen LogP contribution in [-0.2, 0) is 9.59 Å². The second-order valence-corrected chi connectivity index (χ2v) is 3.71. The lowest BCUT2D eigenvalue weighted by atomic mass is 10.1. The van der Waals surface area contributed by atoms with Crippen molar-refractivity contribution in [2.45, 2.75) is 20.3 Å². The van der Waals surface area contributed by atoms with Crippen LogP contribution in [0.4, 0.5) is 5.69 Å². The molecule has 5 nitrogen and oxygen atoms in total. The van der Waals surface area contributed by atoms with E-state index in [0.29, 0.717) is 11.3 Å². The van der Waals surface area contributed by atoms with E-state index in [1.54, 1.807) is 19.1 Å². The number of carbonyl (C=O) groups is 3. The normalized spacial score (nSPS) is 9.76. The molecule has 0 heterocycles. The van der Waals surface area contributed by atoms with Crippen LogP contribution in [0.1, 0.15) is 29.3 Å². The van der Waals surface area contributed by atoms with Gasteiger partial charge in [0.15, 0.2) is 0 Å². The van der Waals surface area contributed by atoms with Crippen molar-refractivity contribution in [3.05, 3.63) is 29.3 Å². The molecule has 0 aromatic heterocycles. The van der Waals surface area contributed by atoms with E-state index in [-0.39, 0.29) is 17.8 Å². The zero-order valence-electron chi connectivity index (χ0n) is 9.61. The number of nitrogens with one attached hydrogen (secondary N) is 1. The molecule has 1 aromatic carbocycles. The van der Waals surface area contributed by atoms with E-state index in [1.807, 2.05) is 0 Å². The highest BCUT2D eigenvalue weighted by molar-refractivity contribution is 6.04. The van der Waals surface area contributed by atoms with Gasteiger partial charge in [0.1, 0.15) is 5.78 Å². The number of aromatic carboxylic acids is 1. The smallest absolute Gasteiger partial charge is 0.336 e. The molecule has 0 atom stereocenters. The molecule has 1 amide bonds. The van der Waals surface area contributed by atoms with Crippen LogP contribution in [-0.4, -0.2) is 22.8 Å². The average molecular weight is 235 g/mol. The van der Waals surface area contributed by atoms with Crippen LogP contribution >= 0.6 is 0 Å². The van der Waals surface area contributed by atoms with Crippen molar-refractivity contribution in [3.8, 4) is 0 Å². The number of amides is 1. The van der Waals surface area contributed by atoms with E-state index >= 15 is 0 Å². The molecular formula is C12H13NO4. The number of anilines is 1. The van der Waals surface area contributed by atoms with E-state index in [1.165, 1.54) is 13.0 Å². The summed E-state index contributed by atoms with van der Waals surface area (Å²) in [6, 6.07) is 4.60. The molecule has 0 saturated heterocycles. The summed E-state index contributed by atoms with van der Waals surface area (Å²) >= 11 is 0. The topological polar surface area (TPSA) is 83.5 Å². The third-order valence-corrected chi connectivity index (χ3v) is 2.25. The minimum atomic E-state index is -1.05. The number of hydrogen-bond acceptors (Lipinski definition) is 3. The second-order valence-electron chi connectivity index (χ2n) is 3.71. The van der Waals surface area contributed by atoms with Crippen LogP contribution < -0.4 is 5.32 Å². The predicted molar refractivity (Wildman–Crippen MR) is 62.1 cm³/mol. The van der Waals surface area contributed by atoms with Gasteiger partial charge in [0.2, 0.25) is 5.91 Å². The molecule has 0 aliphatic heterocycles. The fraction of sp³-hybridized carbons (Fsp3) is 0.250. The molecular weight excluding hydrogens is 222 g/mol. The zero-order chi connectivity index (χ0) is 13.0. The SMILES string of the molecule is CC(=O)CC(=O)Nc1cccc(C(=O)O)c1C. The number of carbonyl (C=O) groups excluding carboxylic acids is 2. The number of hydrogen-bond donors (Lipinski definition) is 2. The lowest BCUT2D eigenvalue weighted by Gasteiger charge is -2.09. The Hall–Kier alpha value is -2.17. The molecule has 0 spiro atoms. The maximum Gasteiger partial charge on any atom is 0.336 e. The first-order valence-electron chi connectivity index (χ1n) is 5.04. The van der Waals surface area contributed by atoms with Gasteiger partial charge in [-0.25, -0.2) is 4.79 Å². The molecule has 0 aliphatic carbocycles. The molecule has 0 aliphatic rings. The van der Waals surface area contributed by atoms with Gasteiger partial charge in [0.25, 0.3) is 0 Å². The van der Waals surface area contributed by atoms with E-state index in [0.717, 1.165) is 0 Å². The first kappa shape index (κ1) is 12.9. The molecule has 1 aromatic rings. The van der Waals surface area contributed by atoms with Gasteiger partial charge in [-0.3, -0.25) is 9.59 Å². The summed E-state index contributed by atoms with van der Waals surface area (Å²) in [6.07, 6.45) is -0.212. The van der Waals surface area contributed by atoms with Crippen LogP contribution in [0.5, 0.6) is 0 Å². The van der Waals surface area contributed by atoms with Gasteiger partial charge in [-0.05, 0) is 31.5 Å². The largest absolute Gasteiger partial charge is 0.478 e. The highest BCUT2D eigenvalue weighted by Gasteiger charge is 2.12. The Morgan fingerprint density at radius 3 is 2.47 bits per heavy atom. The molecule has 5 heteroatoms. The molecule has 0 bridgehead atoms. The van der Waals surface area contributed by atoms with E-state index in [4.69, 9.17) is 5.11 Å². The van der Waals surface area contributed by atoms with E-state index in [9.17, 15) is 14.4 Å². The lowest BCUT2D eigenvalue weighted by Crippen LogP contribution is -2.16. The van der Waals surface area contributed by atoms with Crippen molar-refractivity contribution >= 4 is 23.3 Å². The molecule has 17 heavy (non-hydrogen) atoms. The van der Waals surface area contributed by atoms with Crippen molar-refractivity contribution in [2.75, 3.05) is 5.32 Å². The number of carboxylic acids is 1. The number of rotatable bonds is 4. The quantitative estimate of drug-likeness (QED) is 0.776. The molecule has 1 rings (SSSR count). The second kappa shape index (κ2) is 5.25. The fourth-order valence-corrected chi connectivity index (χ4v) is 1.42. The van der Waals surface area contributed by atoms with Crippen molar-refractivity contribution in [1.82, 2.24) is 0 Å². The molecule has 0 fully saturated rings. The molecule has 90 valence electrons. The van der Waals surface area contributed by atoms with Crippen molar-refractivity contribution in [1.29, 1.82) is 0 Å². The Balaban J connectivity index is 2.92. The van der Waals surface area contributed by atoms with Crippen LogP contribution in [0, 0.1) is 6.92 Å². The highest BCUT2D eigenvalue weighted by Crippen LogP contribution is 2.19. The summed E-state index contributed by atoms with van der Waals surface area (Å²) in [5.41, 5.74) is 1.01. The minimum absolute atomic E-state index is 0.130. The number of ketones is 1. The Labute approximate surface area is 98.4 Å². The first-order chi connectivity index (χ1) is 7.91. The van der Waals surface area contributed by atoms with Gasteiger partial charge in [-0.15, -0.1) is 0 Å². The van der Waals surface area contributed by atoms with E-state index in [2.05, 4.69) is 5.32 Å². The predicted octanol–water partition coefficient (Wildman–Crippen LogP) is 1.61. The van der Waals surface area contributed by atoms with Crippen molar-refractivity contribution in [2.24, 2.45) is 0 Å². The minimum Gasteiger partial charge on any atom is -0.478 e. The van der Waals surface area contributed by atoms with Gasteiger partial charge in [0.05, 0.1) is 12.0 Å². The summed E-state index contributed by atoms with van der Waals surface area (Å²) in [4.78, 5) is 33.0. The maximum absolute atomic E-state index is 11.4. The first-order valence-corrected chi connectivity index (χ1v) is 5.04. The lowest BCUT2D eigenvalue weighted by molar-refractivity contribution is -0.124. The van der Waals surface area contributed by atoms with Crippen molar-refractivity contribution in [3.63, 3.8) is 0 Å². The molecule has 0 radical (unpaired) electrons. The van der Waals surface area contributed by atoms with Crippen LogP contribution in [0.25, 0.3) is 0 Å². The fourth-order valence-electron chi connectivity index (χ4n) is 1.42. The summed E-state index contributed by atoms with van der Waals surface area (Å²) in [5.74, 6) is -1.73. The standard InChI is InChI=1S/C12H13NO4/c1-7(14)6-11(15)13-10-5-3-4-9(8(10)2)12(16)17/h3-5H,6H2,1-2H3,(H,13,15)(H,16,17). The molecule has 0 saturated carbocycles. The Bertz CT molecular complexity index is 479. The molecule has 2 N–H and O–H groups in total. The Morgan fingerprint density at radius 2 is 1.94 bits per heavy atom. The summed E-state index contributed by atoms with van der Waals surface area (Å²) in [5, 5.41) is 11.4. The van der Waals surface area contributed by atoms with Crippen molar-refractivity contribution < 1.29 is 19.5 Å². The van der Waals surface area contributed by atoms with Gasteiger partial charge in [-0.1, -0.05) is 6.07 Å². The highest BCUT2D eigenvalue weighted by atomic mass is 16.4. The monoisotopic (exact) mass is 235 g/mol. The van der Waals surface area contributed by atoms with E-state index < -0.39 is 11.9 Å². The molecule has 0 unspecified atom stereocenters. The average Bonchev–Trinajstić information content (AvgIpc) is 2.19. The summed E-state index contributed by atoms with van der Waals surface area (Å²) in [6.45, 7) is 2.92. The van der Waals surface area contributed by atoms with Crippen LogP contribution in [0.15, 0.2) is 18.2 Å².